The van der Waals surface area contributed by atoms with Gasteiger partial charge in [0.05, 0.1) is 0 Å². The van der Waals surface area contributed by atoms with E-state index in [-0.39, 0.29) is 0 Å². The van der Waals surface area contributed by atoms with Gasteiger partial charge in [-0.05, 0) is 66.0 Å². The normalized spacial score (nSPS) is 19.0. The Kier molecular flexibility index (Phi) is 7.87. The summed E-state index contributed by atoms with van der Waals surface area (Å²) in [4.78, 5) is 4.89. The van der Waals surface area contributed by atoms with Gasteiger partial charge in [-0.15, -0.1) is 0 Å². The van der Waals surface area contributed by atoms with Crippen LogP contribution in [0.1, 0.15) is 39.0 Å². The van der Waals surface area contributed by atoms with E-state index in [4.69, 9.17) is 0 Å². The number of hydrogen-bond donors (Lipinski definition) is 1. The molecule has 108 valence electrons. The van der Waals surface area contributed by atoms with E-state index in [9.17, 15) is 0 Å². The lowest BCUT2D eigenvalue weighted by Crippen LogP contribution is -2.44. The highest BCUT2D eigenvalue weighted by molar-refractivity contribution is 4.82. The highest BCUT2D eigenvalue weighted by atomic mass is 15.1. The molecule has 1 aliphatic carbocycles. The summed E-state index contributed by atoms with van der Waals surface area (Å²) in [7, 11) is 6.45. The lowest BCUT2D eigenvalue weighted by molar-refractivity contribution is 0.212. The summed E-state index contributed by atoms with van der Waals surface area (Å²) in [5.41, 5.74) is 0. The molecule has 1 saturated carbocycles. The van der Waals surface area contributed by atoms with Crippen LogP contribution in [0.2, 0.25) is 0 Å². The minimum Gasteiger partial charge on any atom is -0.315 e. The van der Waals surface area contributed by atoms with E-state index >= 15 is 0 Å². The van der Waals surface area contributed by atoms with Crippen molar-refractivity contribution in [3.05, 3.63) is 0 Å². The van der Waals surface area contributed by atoms with Gasteiger partial charge in [-0.3, -0.25) is 0 Å². The molecule has 1 fully saturated rings. The zero-order valence-corrected chi connectivity index (χ0v) is 12.9. The van der Waals surface area contributed by atoms with E-state index in [0.717, 1.165) is 5.92 Å². The van der Waals surface area contributed by atoms with Crippen LogP contribution in [0.3, 0.4) is 0 Å². The number of hydrogen-bond acceptors (Lipinski definition) is 3. The minimum absolute atomic E-state index is 0.701. The maximum atomic E-state index is 3.56. The summed E-state index contributed by atoms with van der Waals surface area (Å²) in [6, 6.07) is 0.701. The lowest BCUT2D eigenvalue weighted by Gasteiger charge is -2.30. The smallest absolute Gasteiger partial charge is 0.0220 e. The number of nitrogens with zero attached hydrogens (tertiary/aromatic N) is 2. The van der Waals surface area contributed by atoms with Crippen molar-refractivity contribution in [3.8, 4) is 0 Å². The second kappa shape index (κ2) is 8.89. The molecule has 0 aromatic rings. The van der Waals surface area contributed by atoms with Crippen LogP contribution in [0.15, 0.2) is 0 Å². The fourth-order valence-electron chi connectivity index (χ4n) is 3.10. The first-order valence-electron chi connectivity index (χ1n) is 7.71. The van der Waals surface area contributed by atoms with Crippen molar-refractivity contribution in [3.63, 3.8) is 0 Å². The second-order valence-electron chi connectivity index (χ2n) is 5.99. The predicted octanol–water partition coefficient (Wildman–Crippen LogP) is 2.04. The molecule has 0 heterocycles. The zero-order chi connectivity index (χ0) is 13.4. The average molecular weight is 255 g/mol. The first-order chi connectivity index (χ1) is 8.67. The summed E-state index contributed by atoms with van der Waals surface area (Å²) in [6.07, 6.45) is 7.02. The summed E-state index contributed by atoms with van der Waals surface area (Å²) in [6.45, 7) is 7.13. The van der Waals surface area contributed by atoms with E-state index in [1.54, 1.807) is 0 Å². The SMILES string of the molecule is CCN(CCCN(C)C)CC(NC)C1CCCC1. The van der Waals surface area contributed by atoms with Gasteiger partial charge in [0.2, 0.25) is 0 Å². The molecular weight excluding hydrogens is 222 g/mol. The molecule has 0 aliphatic heterocycles. The van der Waals surface area contributed by atoms with E-state index in [0.29, 0.717) is 6.04 Å². The summed E-state index contributed by atoms with van der Waals surface area (Å²) in [5.74, 6) is 0.915. The number of likely N-dealkylation sites (N-methyl/N-ethyl adjacent to an activating group) is 2. The van der Waals surface area contributed by atoms with E-state index in [2.05, 4.69) is 43.2 Å². The Labute approximate surface area is 114 Å². The van der Waals surface area contributed by atoms with Gasteiger partial charge in [-0.1, -0.05) is 19.8 Å². The summed E-state index contributed by atoms with van der Waals surface area (Å²) >= 11 is 0. The zero-order valence-electron chi connectivity index (χ0n) is 12.9. The van der Waals surface area contributed by atoms with Crippen molar-refractivity contribution < 1.29 is 0 Å². The topological polar surface area (TPSA) is 18.5 Å². The van der Waals surface area contributed by atoms with Crippen LogP contribution in [0.25, 0.3) is 0 Å². The Morgan fingerprint density at radius 2 is 1.83 bits per heavy atom. The fraction of sp³-hybridized carbons (Fsp3) is 1.00. The van der Waals surface area contributed by atoms with Crippen LogP contribution in [-0.4, -0.2) is 63.2 Å². The van der Waals surface area contributed by atoms with Gasteiger partial charge in [0.25, 0.3) is 0 Å². The van der Waals surface area contributed by atoms with Gasteiger partial charge in [-0.25, -0.2) is 0 Å². The van der Waals surface area contributed by atoms with Gasteiger partial charge in [-0.2, -0.15) is 0 Å². The molecule has 1 rings (SSSR count). The van der Waals surface area contributed by atoms with Crippen LogP contribution >= 0.6 is 0 Å². The molecule has 1 N–H and O–H groups in total. The molecule has 1 aliphatic rings. The van der Waals surface area contributed by atoms with E-state index in [1.807, 2.05) is 0 Å². The van der Waals surface area contributed by atoms with Crippen LogP contribution < -0.4 is 5.32 Å². The predicted molar refractivity (Wildman–Crippen MR) is 80.1 cm³/mol. The highest BCUT2D eigenvalue weighted by Gasteiger charge is 2.24. The first-order valence-corrected chi connectivity index (χ1v) is 7.71. The summed E-state index contributed by atoms with van der Waals surface area (Å²) in [5, 5.41) is 3.56. The van der Waals surface area contributed by atoms with Crippen molar-refractivity contribution in [1.29, 1.82) is 0 Å². The third-order valence-corrected chi connectivity index (χ3v) is 4.32. The molecule has 0 bridgehead atoms. The number of nitrogens with one attached hydrogen (secondary N) is 1. The van der Waals surface area contributed by atoms with Crippen molar-refractivity contribution in [2.24, 2.45) is 5.92 Å². The van der Waals surface area contributed by atoms with Crippen LogP contribution in [-0.2, 0) is 0 Å². The Balaban J connectivity index is 2.29. The fourth-order valence-corrected chi connectivity index (χ4v) is 3.10. The third kappa shape index (κ3) is 5.68. The molecule has 3 nitrogen and oxygen atoms in total. The molecule has 0 aromatic heterocycles. The van der Waals surface area contributed by atoms with Gasteiger partial charge >= 0.3 is 0 Å². The Morgan fingerprint density at radius 3 is 2.33 bits per heavy atom. The van der Waals surface area contributed by atoms with Crippen LogP contribution in [0.5, 0.6) is 0 Å². The van der Waals surface area contributed by atoms with Crippen molar-refractivity contribution in [2.45, 2.75) is 45.1 Å². The van der Waals surface area contributed by atoms with Crippen molar-refractivity contribution >= 4 is 0 Å². The van der Waals surface area contributed by atoms with Crippen molar-refractivity contribution in [2.75, 3.05) is 47.3 Å². The van der Waals surface area contributed by atoms with Crippen LogP contribution in [0.4, 0.5) is 0 Å². The van der Waals surface area contributed by atoms with Gasteiger partial charge in [0.1, 0.15) is 0 Å². The van der Waals surface area contributed by atoms with E-state index in [1.165, 1.54) is 58.3 Å². The van der Waals surface area contributed by atoms with E-state index < -0.39 is 0 Å². The summed E-state index contributed by atoms with van der Waals surface area (Å²) < 4.78 is 0. The molecule has 18 heavy (non-hydrogen) atoms. The van der Waals surface area contributed by atoms with Crippen molar-refractivity contribution in [1.82, 2.24) is 15.1 Å². The third-order valence-electron chi connectivity index (χ3n) is 4.32. The Bertz CT molecular complexity index is 200. The molecular formula is C15H33N3. The average Bonchev–Trinajstić information content (AvgIpc) is 2.86. The quantitative estimate of drug-likeness (QED) is 0.680. The lowest BCUT2D eigenvalue weighted by atomic mass is 9.97. The number of rotatable bonds is 9. The highest BCUT2D eigenvalue weighted by Crippen LogP contribution is 2.27. The molecule has 1 atom stereocenters. The van der Waals surface area contributed by atoms with Gasteiger partial charge in [0, 0.05) is 12.6 Å². The van der Waals surface area contributed by atoms with Crippen LogP contribution in [0, 0.1) is 5.92 Å². The molecule has 0 amide bonds. The standard InChI is InChI=1S/C15H33N3/c1-5-18(12-8-11-17(3)4)13-15(16-2)14-9-6-7-10-14/h14-16H,5-13H2,1-4H3. The maximum Gasteiger partial charge on any atom is 0.0220 e. The maximum absolute atomic E-state index is 3.56. The molecule has 0 aromatic carbocycles. The monoisotopic (exact) mass is 255 g/mol. The van der Waals surface area contributed by atoms with Gasteiger partial charge in [0.15, 0.2) is 0 Å². The second-order valence-corrected chi connectivity index (χ2v) is 5.99. The molecule has 1 unspecified atom stereocenters. The Morgan fingerprint density at radius 1 is 1.17 bits per heavy atom. The largest absolute Gasteiger partial charge is 0.315 e. The molecule has 0 radical (unpaired) electrons. The first kappa shape index (κ1) is 15.9. The minimum atomic E-state index is 0.701. The van der Waals surface area contributed by atoms with Gasteiger partial charge < -0.3 is 15.1 Å². The molecule has 0 spiro atoms. The molecule has 3 heteroatoms. The Hall–Kier alpha value is -0.120. The molecule has 0 saturated heterocycles.